The molecule has 1 fully saturated rings. The quantitative estimate of drug-likeness (QED) is 0.779. The van der Waals surface area contributed by atoms with Gasteiger partial charge in [-0.15, -0.1) is 5.10 Å². The summed E-state index contributed by atoms with van der Waals surface area (Å²) in [5.74, 6) is 0.529. The number of aromatic nitrogens is 4. The second-order valence-electron chi connectivity index (χ2n) is 5.40. The number of nitrogens with zero attached hydrogens (tertiary/aromatic N) is 5. The first kappa shape index (κ1) is 14.6. The molecule has 4 rings (SSSR count). The number of hydrogen-bond acceptors (Lipinski definition) is 6. The summed E-state index contributed by atoms with van der Waals surface area (Å²) >= 11 is 0. The number of anilines is 2. The summed E-state index contributed by atoms with van der Waals surface area (Å²) in [7, 11) is 0. The number of rotatable bonds is 3. The van der Waals surface area contributed by atoms with Crippen LogP contribution in [-0.2, 0) is 4.74 Å². The number of fused-ring (bicyclic) bond motifs is 1. The molecule has 3 aromatic rings. The van der Waals surface area contributed by atoms with Crippen LogP contribution in [0.15, 0.2) is 42.9 Å². The minimum Gasteiger partial charge on any atom is -0.378 e. The van der Waals surface area contributed by atoms with Crippen molar-refractivity contribution in [3.8, 4) is 0 Å². The molecule has 3 aromatic heterocycles. The van der Waals surface area contributed by atoms with E-state index >= 15 is 0 Å². The fourth-order valence-corrected chi connectivity index (χ4v) is 2.61. The number of hydrogen-bond donors (Lipinski definition) is 1. The maximum Gasteiger partial charge on any atom is 0.276 e. The van der Waals surface area contributed by atoms with Gasteiger partial charge in [0.2, 0.25) is 0 Å². The lowest BCUT2D eigenvalue weighted by molar-refractivity contribution is 0.102. The Labute approximate surface area is 138 Å². The van der Waals surface area contributed by atoms with Crippen molar-refractivity contribution in [2.24, 2.45) is 0 Å². The van der Waals surface area contributed by atoms with E-state index in [0.717, 1.165) is 18.9 Å². The van der Waals surface area contributed by atoms with Gasteiger partial charge in [0.15, 0.2) is 11.3 Å². The third kappa shape index (κ3) is 2.79. The van der Waals surface area contributed by atoms with E-state index in [2.05, 4.69) is 25.3 Å². The number of ether oxygens (including phenoxy) is 1. The molecule has 0 aliphatic carbocycles. The van der Waals surface area contributed by atoms with Crippen LogP contribution in [0.5, 0.6) is 0 Å². The Balaban J connectivity index is 1.64. The van der Waals surface area contributed by atoms with Crippen molar-refractivity contribution >= 4 is 23.1 Å². The molecule has 0 spiro atoms. The third-order valence-electron chi connectivity index (χ3n) is 3.84. The summed E-state index contributed by atoms with van der Waals surface area (Å²) in [5, 5.41) is 7.37. The Morgan fingerprint density at radius 2 is 2.04 bits per heavy atom. The van der Waals surface area contributed by atoms with Crippen LogP contribution in [0.4, 0.5) is 11.5 Å². The normalized spacial score (nSPS) is 14.8. The highest BCUT2D eigenvalue weighted by Gasteiger charge is 2.17. The van der Waals surface area contributed by atoms with E-state index in [-0.39, 0.29) is 5.91 Å². The van der Waals surface area contributed by atoms with Crippen LogP contribution in [-0.4, -0.2) is 51.8 Å². The van der Waals surface area contributed by atoms with Gasteiger partial charge in [0.1, 0.15) is 5.82 Å². The summed E-state index contributed by atoms with van der Waals surface area (Å²) in [5.41, 5.74) is 1.63. The lowest BCUT2D eigenvalue weighted by Gasteiger charge is -2.27. The summed E-state index contributed by atoms with van der Waals surface area (Å²) in [6.45, 7) is 2.92. The number of imidazole rings is 1. The molecule has 0 aromatic carbocycles. The van der Waals surface area contributed by atoms with Crippen LogP contribution in [0.2, 0.25) is 0 Å². The van der Waals surface area contributed by atoms with Crippen LogP contribution < -0.4 is 10.2 Å². The van der Waals surface area contributed by atoms with Crippen molar-refractivity contribution in [3.05, 3.63) is 48.5 Å². The van der Waals surface area contributed by atoms with Crippen LogP contribution >= 0.6 is 0 Å². The predicted octanol–water partition coefficient (Wildman–Crippen LogP) is 1.21. The van der Waals surface area contributed by atoms with Gasteiger partial charge in [-0.05, 0) is 24.3 Å². The van der Waals surface area contributed by atoms with Gasteiger partial charge in [0, 0.05) is 19.3 Å². The molecule has 4 heterocycles. The first-order chi connectivity index (χ1) is 11.8. The van der Waals surface area contributed by atoms with E-state index in [9.17, 15) is 4.79 Å². The molecule has 0 bridgehead atoms. The minimum absolute atomic E-state index is 0.276. The molecule has 122 valence electrons. The zero-order valence-corrected chi connectivity index (χ0v) is 12.9. The van der Waals surface area contributed by atoms with Crippen molar-refractivity contribution in [2.75, 3.05) is 36.5 Å². The van der Waals surface area contributed by atoms with Crippen molar-refractivity contribution in [2.45, 2.75) is 0 Å². The van der Waals surface area contributed by atoms with Gasteiger partial charge in [0.05, 0.1) is 31.3 Å². The first-order valence-corrected chi connectivity index (χ1v) is 7.70. The number of amides is 1. The monoisotopic (exact) mass is 324 g/mol. The molecule has 0 radical (unpaired) electrons. The molecule has 0 saturated carbocycles. The number of morpholine rings is 1. The van der Waals surface area contributed by atoms with Crippen LogP contribution in [0.3, 0.4) is 0 Å². The fourth-order valence-electron chi connectivity index (χ4n) is 2.61. The molecule has 8 nitrogen and oxygen atoms in total. The number of pyridine rings is 1. The number of nitrogens with one attached hydrogen (secondary N) is 1. The number of carbonyl (C=O) groups excluding carboxylic acids is 1. The van der Waals surface area contributed by atoms with E-state index < -0.39 is 0 Å². The van der Waals surface area contributed by atoms with E-state index in [0.29, 0.717) is 30.2 Å². The highest BCUT2D eigenvalue weighted by molar-refractivity contribution is 6.03. The van der Waals surface area contributed by atoms with Crippen molar-refractivity contribution in [1.82, 2.24) is 19.6 Å². The second-order valence-corrected chi connectivity index (χ2v) is 5.40. The predicted molar refractivity (Wildman–Crippen MR) is 88.2 cm³/mol. The molecule has 8 heteroatoms. The molecule has 1 aliphatic heterocycles. The SMILES string of the molecule is O=C(Nc1cccnc1)c1cnc2ccc(N3CCOCC3)nn12. The molecular formula is C16H16N6O2. The van der Waals surface area contributed by atoms with Gasteiger partial charge in [-0.2, -0.15) is 0 Å². The molecule has 1 saturated heterocycles. The Morgan fingerprint density at radius 3 is 2.83 bits per heavy atom. The smallest absolute Gasteiger partial charge is 0.276 e. The van der Waals surface area contributed by atoms with Crippen LogP contribution in [0.25, 0.3) is 5.65 Å². The lowest BCUT2D eigenvalue weighted by atomic mass is 10.3. The summed E-state index contributed by atoms with van der Waals surface area (Å²) < 4.78 is 6.93. The maximum atomic E-state index is 12.5. The van der Waals surface area contributed by atoms with Gasteiger partial charge < -0.3 is 15.0 Å². The molecule has 0 unspecified atom stereocenters. The molecule has 1 amide bonds. The number of carbonyl (C=O) groups is 1. The van der Waals surface area contributed by atoms with Crippen LogP contribution in [0.1, 0.15) is 10.5 Å². The summed E-state index contributed by atoms with van der Waals surface area (Å²) in [6.07, 6.45) is 4.77. The van der Waals surface area contributed by atoms with Gasteiger partial charge in [0.25, 0.3) is 5.91 Å². The van der Waals surface area contributed by atoms with Gasteiger partial charge in [-0.3, -0.25) is 9.78 Å². The van der Waals surface area contributed by atoms with Crippen molar-refractivity contribution in [1.29, 1.82) is 0 Å². The average molecular weight is 324 g/mol. The van der Waals surface area contributed by atoms with E-state index in [1.807, 2.05) is 12.1 Å². The Hall–Kier alpha value is -3.00. The Kier molecular flexibility index (Phi) is 3.80. The molecule has 24 heavy (non-hydrogen) atoms. The molecule has 0 atom stereocenters. The second kappa shape index (κ2) is 6.25. The van der Waals surface area contributed by atoms with Crippen molar-refractivity contribution in [3.63, 3.8) is 0 Å². The minimum atomic E-state index is -0.276. The van der Waals surface area contributed by atoms with Crippen LogP contribution in [0, 0.1) is 0 Å². The van der Waals surface area contributed by atoms with Gasteiger partial charge in [-0.1, -0.05) is 0 Å². The Morgan fingerprint density at radius 1 is 1.17 bits per heavy atom. The standard InChI is InChI=1S/C16H16N6O2/c23-16(19-12-2-1-5-17-10-12)13-11-18-14-3-4-15(20-22(13)14)21-6-8-24-9-7-21/h1-5,10-11H,6-9H2,(H,19,23). The topological polar surface area (TPSA) is 84.7 Å². The van der Waals surface area contributed by atoms with Crippen molar-refractivity contribution < 1.29 is 9.53 Å². The zero-order valence-electron chi connectivity index (χ0n) is 12.9. The van der Waals surface area contributed by atoms with E-state index in [1.54, 1.807) is 29.0 Å². The maximum absolute atomic E-state index is 12.5. The molecular weight excluding hydrogens is 308 g/mol. The largest absolute Gasteiger partial charge is 0.378 e. The molecule has 1 N–H and O–H groups in total. The van der Waals surface area contributed by atoms with E-state index in [1.165, 1.54) is 6.20 Å². The Bertz CT molecular complexity index is 857. The zero-order chi connectivity index (χ0) is 16.4. The van der Waals surface area contributed by atoms with E-state index in [4.69, 9.17) is 4.74 Å². The average Bonchev–Trinajstić information content (AvgIpc) is 3.06. The summed E-state index contributed by atoms with van der Waals surface area (Å²) in [6, 6.07) is 7.31. The van der Waals surface area contributed by atoms with Gasteiger partial charge >= 0.3 is 0 Å². The highest BCUT2D eigenvalue weighted by Crippen LogP contribution is 2.15. The first-order valence-electron chi connectivity index (χ1n) is 7.70. The fraction of sp³-hybridized carbons (Fsp3) is 0.250. The highest BCUT2D eigenvalue weighted by atomic mass is 16.5. The van der Waals surface area contributed by atoms with Gasteiger partial charge in [-0.25, -0.2) is 9.50 Å². The molecule has 1 aliphatic rings. The summed E-state index contributed by atoms with van der Waals surface area (Å²) in [4.78, 5) is 22.9. The third-order valence-corrected chi connectivity index (χ3v) is 3.84. The lowest BCUT2D eigenvalue weighted by Crippen LogP contribution is -2.37.